The summed E-state index contributed by atoms with van der Waals surface area (Å²) in [5.41, 5.74) is 1.89. The van der Waals surface area contributed by atoms with Gasteiger partial charge in [0.25, 0.3) is 5.91 Å². The Morgan fingerprint density at radius 3 is 2.45 bits per heavy atom. The number of halogens is 1. The van der Waals surface area contributed by atoms with Crippen molar-refractivity contribution in [1.29, 1.82) is 0 Å². The number of aryl methyl sites for hydroxylation is 1. The Morgan fingerprint density at radius 1 is 1.10 bits per heavy atom. The van der Waals surface area contributed by atoms with Crippen molar-refractivity contribution in [1.82, 2.24) is 4.90 Å². The second-order valence-corrected chi connectivity index (χ2v) is 8.87. The smallest absolute Gasteiger partial charge is 0.265 e. The zero-order valence-electron chi connectivity index (χ0n) is 16.2. The normalized spacial score (nSPS) is 15.2. The van der Waals surface area contributed by atoms with Crippen molar-refractivity contribution in [3.05, 3.63) is 56.9 Å². The second-order valence-electron chi connectivity index (χ2n) is 6.27. The van der Waals surface area contributed by atoms with E-state index in [0.29, 0.717) is 39.7 Å². The largest absolute Gasteiger partial charge is 0.493 e. The van der Waals surface area contributed by atoms with Gasteiger partial charge in [0.2, 0.25) is 0 Å². The Bertz CT molecular complexity index is 977. The van der Waals surface area contributed by atoms with Gasteiger partial charge >= 0.3 is 0 Å². The summed E-state index contributed by atoms with van der Waals surface area (Å²) in [7, 11) is 3.29. The minimum Gasteiger partial charge on any atom is -0.493 e. The number of nitrogens with zero attached hydrogens (tertiary/aromatic N) is 1. The minimum absolute atomic E-state index is 0.110. The first-order valence-electron chi connectivity index (χ1n) is 8.80. The molecular weight excluding hydrogens is 474 g/mol. The zero-order chi connectivity index (χ0) is 21.0. The van der Waals surface area contributed by atoms with Crippen molar-refractivity contribution >= 4 is 56.2 Å². The number of rotatable bonds is 7. The topological polar surface area (TPSA) is 48.0 Å². The third-order valence-corrected chi connectivity index (χ3v) is 6.14. The number of amides is 1. The number of thiocarbonyl (C=S) groups is 1. The Morgan fingerprint density at radius 2 is 1.79 bits per heavy atom. The van der Waals surface area contributed by atoms with Crippen LogP contribution in [0.1, 0.15) is 11.1 Å². The number of thioether (sulfide) groups is 1. The molecular formula is C21H20BrNO4S2. The SMILES string of the molecule is COc1cc(C)ccc1OCCOc1ccc(Br)cc1C=C1SC(=S)N(C)C1=O. The van der Waals surface area contributed by atoms with E-state index in [2.05, 4.69) is 15.9 Å². The highest BCUT2D eigenvalue weighted by Crippen LogP contribution is 2.34. The number of ether oxygens (including phenoxy) is 3. The van der Waals surface area contributed by atoms with Gasteiger partial charge < -0.3 is 14.2 Å². The van der Waals surface area contributed by atoms with E-state index in [0.717, 1.165) is 15.6 Å². The average molecular weight is 494 g/mol. The van der Waals surface area contributed by atoms with Crippen molar-refractivity contribution < 1.29 is 19.0 Å². The van der Waals surface area contributed by atoms with E-state index < -0.39 is 0 Å². The summed E-state index contributed by atoms with van der Waals surface area (Å²) >= 11 is 9.94. The fourth-order valence-electron chi connectivity index (χ4n) is 2.65. The molecule has 8 heteroatoms. The van der Waals surface area contributed by atoms with Gasteiger partial charge in [-0.15, -0.1) is 0 Å². The third kappa shape index (κ3) is 5.32. The Hall–Kier alpha value is -2.03. The predicted octanol–water partition coefficient (Wildman–Crippen LogP) is 5.05. The van der Waals surface area contributed by atoms with Crippen LogP contribution in [0, 0.1) is 6.92 Å². The predicted molar refractivity (Wildman–Crippen MR) is 124 cm³/mol. The summed E-state index contributed by atoms with van der Waals surface area (Å²) in [4.78, 5) is 14.3. The monoisotopic (exact) mass is 493 g/mol. The van der Waals surface area contributed by atoms with Crippen LogP contribution in [-0.4, -0.2) is 42.5 Å². The van der Waals surface area contributed by atoms with Crippen LogP contribution in [0.3, 0.4) is 0 Å². The standard InChI is InChI=1S/C21H20BrNO4S2/c1-13-4-6-17(18(10-13)25-3)27-9-8-26-16-7-5-15(22)11-14(16)12-19-20(24)23(2)21(28)29-19/h4-7,10-12H,8-9H2,1-3H3. The molecule has 0 unspecified atom stereocenters. The lowest BCUT2D eigenvalue weighted by molar-refractivity contribution is -0.121. The molecule has 152 valence electrons. The number of hydrogen-bond donors (Lipinski definition) is 0. The van der Waals surface area contributed by atoms with Crippen LogP contribution in [0.15, 0.2) is 45.8 Å². The quantitative estimate of drug-likeness (QED) is 0.305. The first kappa shape index (κ1) is 21.7. The number of hydrogen-bond acceptors (Lipinski definition) is 6. The van der Waals surface area contributed by atoms with Crippen LogP contribution in [0.2, 0.25) is 0 Å². The summed E-state index contributed by atoms with van der Waals surface area (Å²) < 4.78 is 18.5. The molecule has 0 aromatic heterocycles. The van der Waals surface area contributed by atoms with Crippen LogP contribution in [-0.2, 0) is 4.79 Å². The number of carbonyl (C=O) groups is 1. The van der Waals surface area contributed by atoms with Crippen molar-refractivity contribution in [2.75, 3.05) is 27.4 Å². The van der Waals surface area contributed by atoms with Crippen LogP contribution >= 0.6 is 39.9 Å². The Labute approximate surface area is 188 Å². The molecule has 1 aliphatic heterocycles. The second kappa shape index (κ2) is 9.65. The van der Waals surface area contributed by atoms with Gasteiger partial charge in [-0.2, -0.15) is 0 Å². The third-order valence-electron chi connectivity index (χ3n) is 4.16. The molecule has 0 aliphatic carbocycles. The molecule has 2 aromatic carbocycles. The molecule has 0 N–H and O–H groups in total. The van der Waals surface area contributed by atoms with Gasteiger partial charge in [-0.1, -0.05) is 46.0 Å². The number of benzene rings is 2. The molecule has 5 nitrogen and oxygen atoms in total. The van der Waals surface area contributed by atoms with Gasteiger partial charge in [-0.3, -0.25) is 9.69 Å². The lowest BCUT2D eigenvalue weighted by Gasteiger charge is -2.13. The fourth-order valence-corrected chi connectivity index (χ4v) is 4.20. The minimum atomic E-state index is -0.110. The lowest BCUT2D eigenvalue weighted by Crippen LogP contribution is -2.22. The number of likely N-dealkylation sites (N-methyl/N-ethyl adjacent to an activating group) is 1. The number of methoxy groups -OCH3 is 1. The molecule has 1 amide bonds. The van der Waals surface area contributed by atoms with Gasteiger partial charge in [0.05, 0.1) is 12.0 Å². The molecule has 0 bridgehead atoms. The van der Waals surface area contributed by atoms with Crippen LogP contribution in [0.5, 0.6) is 17.2 Å². The van der Waals surface area contributed by atoms with E-state index in [9.17, 15) is 4.79 Å². The molecule has 2 aromatic rings. The maximum atomic E-state index is 12.3. The van der Waals surface area contributed by atoms with Gasteiger partial charge in [-0.25, -0.2) is 0 Å². The molecule has 1 saturated heterocycles. The fraction of sp³-hybridized carbons (Fsp3) is 0.238. The molecule has 0 atom stereocenters. The molecule has 0 radical (unpaired) electrons. The average Bonchev–Trinajstić information content (AvgIpc) is 2.94. The summed E-state index contributed by atoms with van der Waals surface area (Å²) in [6.07, 6.45) is 1.80. The molecule has 29 heavy (non-hydrogen) atoms. The zero-order valence-corrected chi connectivity index (χ0v) is 19.4. The van der Waals surface area contributed by atoms with Crippen LogP contribution in [0.4, 0.5) is 0 Å². The van der Waals surface area contributed by atoms with Gasteiger partial charge in [-0.05, 0) is 48.9 Å². The highest BCUT2D eigenvalue weighted by molar-refractivity contribution is 9.10. The van der Waals surface area contributed by atoms with Gasteiger partial charge in [0, 0.05) is 17.1 Å². The van der Waals surface area contributed by atoms with Crippen LogP contribution in [0.25, 0.3) is 6.08 Å². The molecule has 0 saturated carbocycles. The van der Waals surface area contributed by atoms with Crippen molar-refractivity contribution in [3.63, 3.8) is 0 Å². The summed E-state index contributed by atoms with van der Waals surface area (Å²) in [5.74, 6) is 1.91. The van der Waals surface area contributed by atoms with Crippen molar-refractivity contribution in [2.24, 2.45) is 0 Å². The van der Waals surface area contributed by atoms with E-state index in [1.807, 2.05) is 43.3 Å². The van der Waals surface area contributed by atoms with Crippen LogP contribution < -0.4 is 14.2 Å². The van der Waals surface area contributed by atoms with E-state index in [4.69, 9.17) is 26.4 Å². The Kier molecular flexibility index (Phi) is 7.21. The van der Waals surface area contributed by atoms with E-state index in [-0.39, 0.29) is 5.91 Å². The maximum absolute atomic E-state index is 12.3. The molecule has 3 rings (SSSR count). The summed E-state index contributed by atoms with van der Waals surface area (Å²) in [5, 5.41) is 0. The van der Waals surface area contributed by atoms with Crippen molar-refractivity contribution in [3.8, 4) is 17.2 Å². The van der Waals surface area contributed by atoms with E-state index in [1.54, 1.807) is 20.2 Å². The first-order valence-corrected chi connectivity index (χ1v) is 10.8. The Balaban J connectivity index is 1.68. The molecule has 1 heterocycles. The van der Waals surface area contributed by atoms with Gasteiger partial charge in [0.1, 0.15) is 23.3 Å². The molecule has 1 fully saturated rings. The van der Waals surface area contributed by atoms with E-state index in [1.165, 1.54) is 16.7 Å². The first-order chi connectivity index (χ1) is 13.9. The highest BCUT2D eigenvalue weighted by Gasteiger charge is 2.29. The number of carbonyl (C=O) groups excluding carboxylic acids is 1. The van der Waals surface area contributed by atoms with Crippen molar-refractivity contribution in [2.45, 2.75) is 6.92 Å². The molecule has 0 spiro atoms. The maximum Gasteiger partial charge on any atom is 0.265 e. The lowest BCUT2D eigenvalue weighted by atomic mass is 10.2. The summed E-state index contributed by atoms with van der Waals surface area (Å²) in [6.45, 7) is 2.69. The van der Waals surface area contributed by atoms with Gasteiger partial charge in [0.15, 0.2) is 11.5 Å². The summed E-state index contributed by atoms with van der Waals surface area (Å²) in [6, 6.07) is 11.4. The highest BCUT2D eigenvalue weighted by atomic mass is 79.9. The molecule has 1 aliphatic rings. The van der Waals surface area contributed by atoms with E-state index >= 15 is 0 Å².